The summed E-state index contributed by atoms with van der Waals surface area (Å²) in [5.41, 5.74) is 2.01. The highest BCUT2D eigenvalue weighted by molar-refractivity contribution is 5.92. The lowest BCUT2D eigenvalue weighted by molar-refractivity contribution is 0.0609. The van der Waals surface area contributed by atoms with Gasteiger partial charge in [0.05, 0.1) is 0 Å². The zero-order valence-electron chi connectivity index (χ0n) is 14.6. The molecule has 5 nitrogen and oxygen atoms in total. The van der Waals surface area contributed by atoms with Gasteiger partial charge in [-0.15, -0.1) is 0 Å². The van der Waals surface area contributed by atoms with Gasteiger partial charge in [-0.2, -0.15) is 5.10 Å². The van der Waals surface area contributed by atoms with Crippen molar-refractivity contribution in [3.05, 3.63) is 53.9 Å². The lowest BCUT2D eigenvalue weighted by Gasteiger charge is -2.38. The lowest BCUT2D eigenvalue weighted by Crippen LogP contribution is -2.44. The molecule has 2 saturated heterocycles. The molecule has 2 fully saturated rings. The van der Waals surface area contributed by atoms with Crippen molar-refractivity contribution in [1.29, 1.82) is 0 Å². The van der Waals surface area contributed by atoms with E-state index in [9.17, 15) is 4.79 Å². The molecule has 1 amide bonds. The number of rotatable bonds is 4. The summed E-state index contributed by atoms with van der Waals surface area (Å²) in [5, 5.41) is 6.75. The van der Waals surface area contributed by atoms with Crippen LogP contribution in [-0.4, -0.2) is 51.6 Å². The van der Waals surface area contributed by atoms with E-state index in [1.54, 1.807) is 12.3 Å². The Morgan fingerprint density at radius 3 is 2.60 bits per heavy atom. The molecule has 0 bridgehead atoms. The van der Waals surface area contributed by atoms with Gasteiger partial charge in [-0.3, -0.25) is 14.8 Å². The van der Waals surface area contributed by atoms with Gasteiger partial charge in [-0.1, -0.05) is 30.3 Å². The molecule has 0 radical (unpaired) electrons. The summed E-state index contributed by atoms with van der Waals surface area (Å²) < 4.78 is 0. The first-order valence-corrected chi connectivity index (χ1v) is 9.38. The highest BCUT2D eigenvalue weighted by atomic mass is 16.2. The predicted molar refractivity (Wildman–Crippen MR) is 97.1 cm³/mol. The third-order valence-electron chi connectivity index (χ3n) is 5.72. The van der Waals surface area contributed by atoms with Gasteiger partial charge in [0.25, 0.3) is 5.91 Å². The van der Waals surface area contributed by atoms with Crippen LogP contribution in [0.1, 0.15) is 41.7 Å². The van der Waals surface area contributed by atoms with Gasteiger partial charge in [0, 0.05) is 25.3 Å². The van der Waals surface area contributed by atoms with Gasteiger partial charge < -0.3 is 4.90 Å². The van der Waals surface area contributed by atoms with Gasteiger partial charge in [-0.25, -0.2) is 0 Å². The number of likely N-dealkylation sites (tertiary alicyclic amines) is 2. The maximum Gasteiger partial charge on any atom is 0.272 e. The van der Waals surface area contributed by atoms with Crippen LogP contribution >= 0.6 is 0 Å². The van der Waals surface area contributed by atoms with Gasteiger partial charge >= 0.3 is 0 Å². The Kier molecular flexibility index (Phi) is 4.83. The van der Waals surface area contributed by atoms with Gasteiger partial charge in [0.2, 0.25) is 0 Å². The molecule has 3 heterocycles. The number of hydrogen-bond donors (Lipinski definition) is 1. The Hall–Kier alpha value is -2.14. The van der Waals surface area contributed by atoms with E-state index in [0.717, 1.165) is 39.0 Å². The molecule has 0 saturated carbocycles. The maximum atomic E-state index is 12.7. The van der Waals surface area contributed by atoms with Crippen LogP contribution in [0.2, 0.25) is 0 Å². The zero-order chi connectivity index (χ0) is 17.1. The molecular weight excluding hydrogens is 312 g/mol. The fraction of sp³-hybridized carbons (Fsp3) is 0.500. The van der Waals surface area contributed by atoms with Crippen LogP contribution in [0.3, 0.4) is 0 Å². The van der Waals surface area contributed by atoms with Gasteiger partial charge in [0.15, 0.2) is 0 Å². The summed E-state index contributed by atoms with van der Waals surface area (Å²) in [6.45, 7) is 4.17. The standard InChI is InChI=1S/C20H26N4O/c25-20(18-8-11-21-22-18)24-12-4-7-19(24)17-9-13-23(14-10-17)15-16-5-2-1-3-6-16/h1-3,5-6,8,11,17,19H,4,7,9-10,12-15H2,(H,21,22)/t19-/m0/s1. The molecule has 25 heavy (non-hydrogen) atoms. The smallest absolute Gasteiger partial charge is 0.272 e. The molecular formula is C20H26N4O. The Morgan fingerprint density at radius 2 is 1.88 bits per heavy atom. The van der Waals surface area contributed by atoms with Crippen molar-refractivity contribution in [2.24, 2.45) is 5.92 Å². The Bertz CT molecular complexity index is 677. The molecule has 132 valence electrons. The Morgan fingerprint density at radius 1 is 1.08 bits per heavy atom. The van der Waals surface area contributed by atoms with E-state index in [-0.39, 0.29) is 5.91 Å². The van der Waals surface area contributed by atoms with E-state index in [0.29, 0.717) is 17.7 Å². The number of carbonyl (C=O) groups excluding carboxylic acids is 1. The van der Waals surface area contributed by atoms with E-state index in [1.165, 1.54) is 18.4 Å². The second-order valence-electron chi connectivity index (χ2n) is 7.28. The lowest BCUT2D eigenvalue weighted by atomic mass is 9.87. The first-order valence-electron chi connectivity index (χ1n) is 9.38. The fourth-order valence-electron chi connectivity index (χ4n) is 4.40. The zero-order valence-corrected chi connectivity index (χ0v) is 14.6. The highest BCUT2D eigenvalue weighted by Crippen LogP contribution is 2.32. The monoisotopic (exact) mass is 338 g/mol. The number of hydrogen-bond acceptors (Lipinski definition) is 3. The van der Waals surface area contributed by atoms with E-state index in [1.807, 2.05) is 0 Å². The minimum atomic E-state index is 0.117. The second kappa shape index (κ2) is 7.40. The predicted octanol–water partition coefficient (Wildman–Crippen LogP) is 2.93. The van der Waals surface area contributed by atoms with Gasteiger partial charge in [0.1, 0.15) is 5.69 Å². The van der Waals surface area contributed by atoms with Crippen molar-refractivity contribution in [3.63, 3.8) is 0 Å². The molecule has 2 aromatic rings. The van der Waals surface area contributed by atoms with Crippen LogP contribution in [0.25, 0.3) is 0 Å². The molecule has 0 aliphatic carbocycles. The minimum absolute atomic E-state index is 0.117. The Balaban J connectivity index is 1.34. The van der Waals surface area contributed by atoms with Crippen molar-refractivity contribution < 1.29 is 4.79 Å². The molecule has 1 N–H and O–H groups in total. The van der Waals surface area contributed by atoms with Crippen molar-refractivity contribution >= 4 is 5.91 Å². The van der Waals surface area contributed by atoms with Crippen LogP contribution < -0.4 is 0 Å². The average Bonchev–Trinajstić information content (AvgIpc) is 3.35. The number of aromatic nitrogens is 2. The van der Waals surface area contributed by atoms with Gasteiger partial charge in [-0.05, 0) is 56.3 Å². The highest BCUT2D eigenvalue weighted by Gasteiger charge is 2.36. The molecule has 2 aliphatic rings. The van der Waals surface area contributed by atoms with E-state index in [4.69, 9.17) is 0 Å². The molecule has 1 atom stereocenters. The van der Waals surface area contributed by atoms with E-state index in [2.05, 4.69) is 50.3 Å². The molecule has 4 rings (SSSR count). The van der Waals surface area contributed by atoms with Crippen molar-refractivity contribution in [1.82, 2.24) is 20.0 Å². The summed E-state index contributed by atoms with van der Waals surface area (Å²) >= 11 is 0. The van der Waals surface area contributed by atoms with Crippen molar-refractivity contribution in [2.75, 3.05) is 19.6 Å². The number of carbonyl (C=O) groups is 1. The second-order valence-corrected chi connectivity index (χ2v) is 7.28. The number of benzene rings is 1. The SMILES string of the molecule is O=C(c1ccn[nH]1)N1CCC[C@H]1C1CCN(Cc2ccccc2)CC1. The normalized spacial score (nSPS) is 22.4. The van der Waals surface area contributed by atoms with Crippen LogP contribution in [0.15, 0.2) is 42.6 Å². The molecule has 1 aromatic carbocycles. The summed E-state index contributed by atoms with van der Waals surface area (Å²) in [5.74, 6) is 0.744. The third kappa shape index (κ3) is 3.61. The number of nitrogens with one attached hydrogen (secondary N) is 1. The largest absolute Gasteiger partial charge is 0.334 e. The number of piperidine rings is 1. The molecule has 0 spiro atoms. The van der Waals surface area contributed by atoms with E-state index < -0.39 is 0 Å². The minimum Gasteiger partial charge on any atom is -0.334 e. The van der Waals surface area contributed by atoms with Crippen LogP contribution in [-0.2, 0) is 6.54 Å². The number of H-pyrrole nitrogens is 1. The Labute approximate surface area is 149 Å². The molecule has 5 heteroatoms. The summed E-state index contributed by atoms with van der Waals surface area (Å²) in [7, 11) is 0. The fourth-order valence-corrected chi connectivity index (χ4v) is 4.40. The first kappa shape index (κ1) is 16.3. The summed E-state index contributed by atoms with van der Waals surface area (Å²) in [6, 6.07) is 12.9. The summed E-state index contributed by atoms with van der Waals surface area (Å²) in [6.07, 6.45) is 6.28. The maximum absolute atomic E-state index is 12.7. The van der Waals surface area contributed by atoms with E-state index >= 15 is 0 Å². The number of amides is 1. The van der Waals surface area contributed by atoms with Crippen molar-refractivity contribution in [3.8, 4) is 0 Å². The quantitative estimate of drug-likeness (QED) is 0.932. The summed E-state index contributed by atoms with van der Waals surface area (Å²) in [4.78, 5) is 17.3. The number of nitrogens with zero attached hydrogens (tertiary/aromatic N) is 3. The molecule has 2 aliphatic heterocycles. The molecule has 0 unspecified atom stereocenters. The van der Waals surface area contributed by atoms with Crippen LogP contribution in [0.5, 0.6) is 0 Å². The van der Waals surface area contributed by atoms with Crippen LogP contribution in [0, 0.1) is 5.92 Å². The number of aromatic amines is 1. The van der Waals surface area contributed by atoms with Crippen LogP contribution in [0.4, 0.5) is 0 Å². The first-order chi connectivity index (χ1) is 12.3. The molecule has 1 aromatic heterocycles. The van der Waals surface area contributed by atoms with Crippen molar-refractivity contribution in [2.45, 2.75) is 38.3 Å². The average molecular weight is 338 g/mol. The topological polar surface area (TPSA) is 52.2 Å². The third-order valence-corrected chi connectivity index (χ3v) is 5.72.